The van der Waals surface area contributed by atoms with Gasteiger partial charge in [-0.1, -0.05) is 20.8 Å². The van der Waals surface area contributed by atoms with Crippen molar-refractivity contribution in [2.45, 2.75) is 26.2 Å². The maximum Gasteiger partial charge on any atom is 0.116 e. The van der Waals surface area contributed by atoms with Crippen molar-refractivity contribution in [1.29, 1.82) is 0 Å². The van der Waals surface area contributed by atoms with Crippen molar-refractivity contribution < 1.29 is 0 Å². The molecule has 3 heteroatoms. The van der Waals surface area contributed by atoms with E-state index < -0.39 is 0 Å². The molecule has 1 N–H and O–H groups in total. The minimum absolute atomic E-state index is 0.0616. The van der Waals surface area contributed by atoms with Crippen LogP contribution in [0.25, 0.3) is 11.0 Å². The summed E-state index contributed by atoms with van der Waals surface area (Å²) in [6.07, 6.45) is 3.52. The number of aromatic amines is 1. The van der Waals surface area contributed by atoms with Gasteiger partial charge in [-0.25, -0.2) is 9.97 Å². The third-order valence-corrected chi connectivity index (χ3v) is 2.06. The molecule has 3 nitrogen and oxygen atoms in total. The van der Waals surface area contributed by atoms with Gasteiger partial charge in [-0.05, 0) is 6.07 Å². The molecule has 13 heavy (non-hydrogen) atoms. The molecule has 0 atom stereocenters. The third kappa shape index (κ3) is 1.30. The Bertz CT molecular complexity index is 423. The number of rotatable bonds is 0. The van der Waals surface area contributed by atoms with E-state index in [1.54, 1.807) is 6.33 Å². The molecule has 2 heterocycles. The summed E-state index contributed by atoms with van der Waals surface area (Å²) in [7, 11) is 0. The Kier molecular flexibility index (Phi) is 1.62. The van der Waals surface area contributed by atoms with Crippen LogP contribution < -0.4 is 0 Å². The Morgan fingerprint density at radius 2 is 2.00 bits per heavy atom. The van der Waals surface area contributed by atoms with Crippen LogP contribution >= 0.6 is 0 Å². The summed E-state index contributed by atoms with van der Waals surface area (Å²) in [5.74, 6) is 0. The second-order valence-electron chi connectivity index (χ2n) is 4.21. The van der Waals surface area contributed by atoms with Gasteiger partial charge in [0.15, 0.2) is 0 Å². The van der Waals surface area contributed by atoms with Gasteiger partial charge in [0.1, 0.15) is 6.33 Å². The van der Waals surface area contributed by atoms with E-state index in [1.165, 1.54) is 0 Å². The van der Waals surface area contributed by atoms with Crippen LogP contribution in [0.3, 0.4) is 0 Å². The highest BCUT2D eigenvalue weighted by Crippen LogP contribution is 2.25. The summed E-state index contributed by atoms with van der Waals surface area (Å²) >= 11 is 0. The molecule has 2 aromatic rings. The predicted molar refractivity (Wildman–Crippen MR) is 52.6 cm³/mol. The molecule has 0 spiro atoms. The molecular weight excluding hydrogens is 162 g/mol. The molecule has 2 rings (SSSR count). The molecule has 0 bridgehead atoms. The molecule has 2 aromatic heterocycles. The molecule has 0 saturated heterocycles. The van der Waals surface area contributed by atoms with Crippen LogP contribution in [0, 0.1) is 0 Å². The molecule has 0 aliphatic carbocycles. The average molecular weight is 175 g/mol. The van der Waals surface area contributed by atoms with E-state index in [1.807, 2.05) is 12.3 Å². The molecule has 0 saturated carbocycles. The van der Waals surface area contributed by atoms with E-state index in [9.17, 15) is 0 Å². The predicted octanol–water partition coefficient (Wildman–Crippen LogP) is 2.26. The van der Waals surface area contributed by atoms with Crippen molar-refractivity contribution in [2.24, 2.45) is 0 Å². The largest absolute Gasteiger partial charge is 0.358 e. The zero-order valence-corrected chi connectivity index (χ0v) is 8.13. The average Bonchev–Trinajstić information content (AvgIpc) is 2.48. The van der Waals surface area contributed by atoms with Crippen LogP contribution in [-0.2, 0) is 5.41 Å². The van der Waals surface area contributed by atoms with Crippen LogP contribution in [-0.4, -0.2) is 15.0 Å². The summed E-state index contributed by atoms with van der Waals surface area (Å²) < 4.78 is 0. The highest BCUT2D eigenvalue weighted by molar-refractivity contribution is 5.77. The van der Waals surface area contributed by atoms with E-state index >= 15 is 0 Å². The summed E-state index contributed by atoms with van der Waals surface area (Å²) in [6, 6.07) is 1.96. The number of H-pyrrole nitrogens is 1. The summed E-state index contributed by atoms with van der Waals surface area (Å²) in [4.78, 5) is 11.7. The fourth-order valence-electron chi connectivity index (χ4n) is 1.44. The molecule has 0 fully saturated rings. The third-order valence-electron chi connectivity index (χ3n) is 2.06. The molecule has 0 radical (unpaired) electrons. The Hall–Kier alpha value is -1.38. The number of nitrogens with zero attached hydrogens (tertiary/aromatic N) is 2. The van der Waals surface area contributed by atoms with E-state index in [-0.39, 0.29) is 5.41 Å². The Labute approximate surface area is 77.2 Å². The summed E-state index contributed by atoms with van der Waals surface area (Å²) in [5, 5.41) is 0. The van der Waals surface area contributed by atoms with E-state index in [0.29, 0.717) is 0 Å². The smallest absolute Gasteiger partial charge is 0.116 e. The highest BCUT2D eigenvalue weighted by atomic mass is 14.9. The number of fused-ring (bicyclic) bond motifs is 1. The van der Waals surface area contributed by atoms with Gasteiger partial charge in [0, 0.05) is 11.6 Å². The number of aromatic nitrogens is 3. The van der Waals surface area contributed by atoms with Crippen LogP contribution in [0.1, 0.15) is 26.5 Å². The van der Waals surface area contributed by atoms with Gasteiger partial charge in [0.25, 0.3) is 0 Å². The van der Waals surface area contributed by atoms with E-state index in [2.05, 4.69) is 35.7 Å². The molecule has 0 amide bonds. The lowest BCUT2D eigenvalue weighted by Gasteiger charge is -2.17. The first kappa shape index (κ1) is 8.23. The molecule has 0 aliphatic heterocycles. The molecule has 0 aliphatic rings. The molecule has 0 unspecified atom stereocenters. The lowest BCUT2D eigenvalue weighted by molar-refractivity contribution is 0.573. The van der Waals surface area contributed by atoms with Crippen LogP contribution in [0.5, 0.6) is 0 Å². The van der Waals surface area contributed by atoms with Gasteiger partial charge in [0.05, 0.1) is 16.7 Å². The Morgan fingerprint density at radius 3 is 2.69 bits per heavy atom. The van der Waals surface area contributed by atoms with Crippen molar-refractivity contribution in [3.05, 3.63) is 24.3 Å². The fourth-order valence-corrected chi connectivity index (χ4v) is 1.44. The highest BCUT2D eigenvalue weighted by Gasteiger charge is 2.19. The summed E-state index contributed by atoms with van der Waals surface area (Å²) in [5.41, 5.74) is 3.17. The van der Waals surface area contributed by atoms with Crippen molar-refractivity contribution >= 4 is 11.0 Å². The van der Waals surface area contributed by atoms with E-state index in [4.69, 9.17) is 0 Å². The van der Waals surface area contributed by atoms with E-state index in [0.717, 1.165) is 16.7 Å². The van der Waals surface area contributed by atoms with Gasteiger partial charge in [0.2, 0.25) is 0 Å². The number of hydrogen-bond acceptors (Lipinski definition) is 2. The second kappa shape index (κ2) is 2.55. The second-order valence-corrected chi connectivity index (χ2v) is 4.21. The Morgan fingerprint density at radius 1 is 1.23 bits per heavy atom. The molecule has 68 valence electrons. The van der Waals surface area contributed by atoms with Gasteiger partial charge in [-0.2, -0.15) is 0 Å². The number of hydrogen-bond donors (Lipinski definition) is 1. The van der Waals surface area contributed by atoms with Gasteiger partial charge in [-0.15, -0.1) is 0 Å². The quantitative estimate of drug-likeness (QED) is 0.667. The first-order valence-electron chi connectivity index (χ1n) is 4.37. The standard InChI is InChI=1S/C10H13N3/c1-10(2,3)9-8-7(4-5-11-8)12-6-13-9/h4-6,11H,1-3H3. The maximum atomic E-state index is 4.31. The zero-order valence-electron chi connectivity index (χ0n) is 8.13. The fraction of sp³-hybridized carbons (Fsp3) is 0.400. The monoisotopic (exact) mass is 175 g/mol. The van der Waals surface area contributed by atoms with Crippen molar-refractivity contribution in [1.82, 2.24) is 15.0 Å². The molecular formula is C10H13N3. The van der Waals surface area contributed by atoms with Crippen LogP contribution in [0.15, 0.2) is 18.6 Å². The first-order chi connectivity index (χ1) is 6.09. The van der Waals surface area contributed by atoms with Crippen LogP contribution in [0.2, 0.25) is 0 Å². The first-order valence-corrected chi connectivity index (χ1v) is 4.37. The molecule has 0 aromatic carbocycles. The Balaban J connectivity index is 2.75. The topological polar surface area (TPSA) is 41.6 Å². The van der Waals surface area contributed by atoms with Gasteiger partial charge < -0.3 is 4.98 Å². The van der Waals surface area contributed by atoms with Crippen LogP contribution in [0.4, 0.5) is 0 Å². The normalized spacial score (nSPS) is 12.2. The maximum absolute atomic E-state index is 4.31. The van der Waals surface area contributed by atoms with Crippen molar-refractivity contribution in [2.75, 3.05) is 0 Å². The summed E-state index contributed by atoms with van der Waals surface area (Å²) in [6.45, 7) is 6.45. The van der Waals surface area contributed by atoms with Gasteiger partial charge in [-0.3, -0.25) is 0 Å². The van der Waals surface area contributed by atoms with Gasteiger partial charge >= 0.3 is 0 Å². The zero-order chi connectivity index (χ0) is 9.47. The SMILES string of the molecule is CC(C)(C)c1ncnc2cc[nH]c12. The number of nitrogens with one attached hydrogen (secondary N) is 1. The van der Waals surface area contributed by atoms with Crippen molar-refractivity contribution in [3.8, 4) is 0 Å². The minimum atomic E-state index is 0.0616. The van der Waals surface area contributed by atoms with Crippen molar-refractivity contribution in [3.63, 3.8) is 0 Å². The lowest BCUT2D eigenvalue weighted by Crippen LogP contribution is -2.14. The minimum Gasteiger partial charge on any atom is -0.358 e. The lowest BCUT2D eigenvalue weighted by atomic mass is 9.91.